The molecule has 0 saturated carbocycles. The summed E-state index contributed by atoms with van der Waals surface area (Å²) in [6.07, 6.45) is 4.05. The molecule has 1 aliphatic rings. The Morgan fingerprint density at radius 2 is 1.88 bits per heavy atom. The van der Waals surface area contributed by atoms with Gasteiger partial charge in [0, 0.05) is 48.0 Å². The lowest BCUT2D eigenvalue weighted by atomic mass is 10.0. The van der Waals surface area contributed by atoms with E-state index in [-0.39, 0.29) is 0 Å². The highest BCUT2D eigenvalue weighted by molar-refractivity contribution is 6.31. The zero-order valence-corrected chi connectivity index (χ0v) is 20.6. The van der Waals surface area contributed by atoms with Crippen molar-refractivity contribution in [2.75, 3.05) is 31.6 Å². The molecule has 2 aromatic carbocycles. The summed E-state index contributed by atoms with van der Waals surface area (Å²) in [7, 11) is 0. The van der Waals surface area contributed by atoms with E-state index in [1.807, 2.05) is 31.3 Å². The predicted octanol–water partition coefficient (Wildman–Crippen LogP) is 6.40. The third-order valence-electron chi connectivity index (χ3n) is 5.94. The van der Waals surface area contributed by atoms with Crippen LogP contribution in [0.2, 0.25) is 5.02 Å². The van der Waals surface area contributed by atoms with Crippen LogP contribution in [0.1, 0.15) is 39.2 Å². The minimum Gasteiger partial charge on any atom is -0.490 e. The molecule has 0 bridgehead atoms. The SMILES string of the molecule is CCOc1cc(CN2CCC(Nc3ccnc4cc(Cl)ccc34)CC2)ccc1OCC(C)C. The standard InChI is InChI=1S/C27H34ClN3O2/c1-4-32-27-15-20(5-8-26(27)33-18-19(2)3)17-31-13-10-22(11-14-31)30-24-9-12-29-25-16-21(28)6-7-23(24)25/h5-9,12,15-16,19,22H,4,10-11,13-14,17-18H2,1-3H3,(H,29,30). The summed E-state index contributed by atoms with van der Waals surface area (Å²) in [6, 6.07) is 14.8. The lowest BCUT2D eigenvalue weighted by Crippen LogP contribution is -2.38. The fourth-order valence-electron chi connectivity index (χ4n) is 4.26. The molecule has 176 valence electrons. The molecule has 1 aromatic heterocycles. The smallest absolute Gasteiger partial charge is 0.161 e. The second kappa shape index (κ2) is 11.1. The molecular weight excluding hydrogens is 434 g/mol. The Labute approximate surface area is 202 Å². The number of rotatable bonds is 9. The Morgan fingerprint density at radius 3 is 2.64 bits per heavy atom. The maximum Gasteiger partial charge on any atom is 0.161 e. The van der Waals surface area contributed by atoms with Crippen LogP contribution >= 0.6 is 11.6 Å². The Morgan fingerprint density at radius 1 is 1.06 bits per heavy atom. The quantitative estimate of drug-likeness (QED) is 0.394. The molecule has 33 heavy (non-hydrogen) atoms. The van der Waals surface area contributed by atoms with Gasteiger partial charge in [-0.2, -0.15) is 0 Å². The number of hydrogen-bond donors (Lipinski definition) is 1. The van der Waals surface area contributed by atoms with E-state index in [1.54, 1.807) is 0 Å². The lowest BCUT2D eigenvalue weighted by Gasteiger charge is -2.33. The number of likely N-dealkylation sites (tertiary alicyclic amines) is 1. The molecule has 1 saturated heterocycles. The second-order valence-electron chi connectivity index (χ2n) is 9.13. The van der Waals surface area contributed by atoms with Gasteiger partial charge in [-0.05, 0) is 67.6 Å². The Balaban J connectivity index is 1.34. The van der Waals surface area contributed by atoms with Crippen molar-refractivity contribution in [1.82, 2.24) is 9.88 Å². The topological polar surface area (TPSA) is 46.6 Å². The summed E-state index contributed by atoms with van der Waals surface area (Å²) >= 11 is 6.13. The Hall–Kier alpha value is -2.50. The van der Waals surface area contributed by atoms with E-state index in [1.165, 1.54) is 5.56 Å². The van der Waals surface area contributed by atoms with Crippen molar-refractivity contribution in [3.63, 3.8) is 0 Å². The van der Waals surface area contributed by atoms with Gasteiger partial charge in [0.15, 0.2) is 11.5 Å². The van der Waals surface area contributed by atoms with Crippen LogP contribution in [-0.4, -0.2) is 42.2 Å². The van der Waals surface area contributed by atoms with Gasteiger partial charge in [0.05, 0.1) is 18.7 Å². The summed E-state index contributed by atoms with van der Waals surface area (Å²) in [6.45, 7) is 10.7. The van der Waals surface area contributed by atoms with Crippen LogP contribution in [0.3, 0.4) is 0 Å². The van der Waals surface area contributed by atoms with Gasteiger partial charge in [-0.15, -0.1) is 0 Å². The van der Waals surface area contributed by atoms with Gasteiger partial charge >= 0.3 is 0 Å². The number of ether oxygens (including phenoxy) is 2. The van der Waals surface area contributed by atoms with Gasteiger partial charge < -0.3 is 14.8 Å². The minimum atomic E-state index is 0.452. The molecule has 1 fully saturated rings. The summed E-state index contributed by atoms with van der Waals surface area (Å²) in [5, 5.41) is 5.57. The highest BCUT2D eigenvalue weighted by Crippen LogP contribution is 2.30. The van der Waals surface area contributed by atoms with Crippen molar-refractivity contribution in [3.8, 4) is 11.5 Å². The number of benzene rings is 2. The van der Waals surface area contributed by atoms with E-state index in [2.05, 4.69) is 53.3 Å². The molecule has 4 rings (SSSR count). The fraction of sp³-hybridized carbons (Fsp3) is 0.444. The summed E-state index contributed by atoms with van der Waals surface area (Å²) in [5.41, 5.74) is 3.32. The van der Waals surface area contributed by atoms with Gasteiger partial charge in [-0.3, -0.25) is 9.88 Å². The van der Waals surface area contributed by atoms with Crippen molar-refractivity contribution in [2.45, 2.75) is 46.2 Å². The summed E-state index contributed by atoms with van der Waals surface area (Å²) in [4.78, 5) is 6.97. The Bertz CT molecular complexity index is 1060. The van der Waals surface area contributed by atoms with Crippen molar-refractivity contribution in [3.05, 3.63) is 59.2 Å². The third kappa shape index (κ3) is 6.30. The van der Waals surface area contributed by atoms with Gasteiger partial charge in [0.2, 0.25) is 0 Å². The third-order valence-corrected chi connectivity index (χ3v) is 6.17. The van der Waals surface area contributed by atoms with Crippen LogP contribution in [0.4, 0.5) is 5.69 Å². The molecule has 2 heterocycles. The first-order valence-corrected chi connectivity index (χ1v) is 12.3. The molecule has 1 aliphatic heterocycles. The molecule has 6 heteroatoms. The number of anilines is 1. The molecule has 0 unspecified atom stereocenters. The van der Waals surface area contributed by atoms with E-state index in [4.69, 9.17) is 21.1 Å². The average Bonchev–Trinajstić information content (AvgIpc) is 2.80. The number of nitrogens with zero attached hydrogens (tertiary/aromatic N) is 2. The van der Waals surface area contributed by atoms with Crippen LogP contribution in [0.5, 0.6) is 11.5 Å². The molecule has 3 aromatic rings. The molecule has 5 nitrogen and oxygen atoms in total. The van der Waals surface area contributed by atoms with Crippen LogP contribution < -0.4 is 14.8 Å². The largest absolute Gasteiger partial charge is 0.490 e. The first kappa shape index (κ1) is 23.7. The van der Waals surface area contributed by atoms with Crippen molar-refractivity contribution in [1.29, 1.82) is 0 Å². The van der Waals surface area contributed by atoms with E-state index in [0.29, 0.717) is 30.2 Å². The average molecular weight is 468 g/mol. The maximum atomic E-state index is 6.13. The Kier molecular flexibility index (Phi) is 7.94. The van der Waals surface area contributed by atoms with Gasteiger partial charge in [-0.1, -0.05) is 31.5 Å². The number of pyridine rings is 1. The number of aromatic nitrogens is 1. The number of halogens is 1. The summed E-state index contributed by atoms with van der Waals surface area (Å²) in [5.74, 6) is 2.16. The van der Waals surface area contributed by atoms with Gasteiger partial charge in [-0.25, -0.2) is 0 Å². The lowest BCUT2D eigenvalue weighted by molar-refractivity contribution is 0.210. The van der Waals surface area contributed by atoms with Crippen LogP contribution in [0, 0.1) is 5.92 Å². The molecule has 0 radical (unpaired) electrons. The molecule has 0 amide bonds. The molecule has 0 atom stereocenters. The van der Waals surface area contributed by atoms with E-state index < -0.39 is 0 Å². The van der Waals surface area contributed by atoms with Crippen molar-refractivity contribution in [2.24, 2.45) is 5.92 Å². The normalized spacial score (nSPS) is 15.2. The molecule has 1 N–H and O–H groups in total. The second-order valence-corrected chi connectivity index (χ2v) is 9.57. The van der Waals surface area contributed by atoms with E-state index >= 15 is 0 Å². The van der Waals surface area contributed by atoms with E-state index in [9.17, 15) is 0 Å². The number of hydrogen-bond acceptors (Lipinski definition) is 5. The zero-order valence-electron chi connectivity index (χ0n) is 19.8. The van der Waals surface area contributed by atoms with Crippen molar-refractivity contribution < 1.29 is 9.47 Å². The summed E-state index contributed by atoms with van der Waals surface area (Å²) < 4.78 is 11.8. The van der Waals surface area contributed by atoms with Crippen LogP contribution in [0.15, 0.2) is 48.7 Å². The number of piperidine rings is 1. The fourth-order valence-corrected chi connectivity index (χ4v) is 4.42. The highest BCUT2D eigenvalue weighted by atomic mass is 35.5. The predicted molar refractivity (Wildman–Crippen MR) is 137 cm³/mol. The monoisotopic (exact) mass is 467 g/mol. The first-order valence-electron chi connectivity index (χ1n) is 11.9. The van der Waals surface area contributed by atoms with Gasteiger partial charge in [0.1, 0.15) is 0 Å². The maximum absolute atomic E-state index is 6.13. The highest BCUT2D eigenvalue weighted by Gasteiger charge is 2.20. The van der Waals surface area contributed by atoms with Crippen molar-refractivity contribution >= 4 is 28.2 Å². The van der Waals surface area contributed by atoms with E-state index in [0.717, 1.165) is 60.6 Å². The number of fused-ring (bicyclic) bond motifs is 1. The first-order chi connectivity index (χ1) is 16.0. The molecular formula is C27H34ClN3O2. The molecule has 0 spiro atoms. The van der Waals surface area contributed by atoms with Gasteiger partial charge in [0.25, 0.3) is 0 Å². The minimum absolute atomic E-state index is 0.452. The zero-order chi connectivity index (χ0) is 23.2. The van der Waals surface area contributed by atoms with Crippen LogP contribution in [0.25, 0.3) is 10.9 Å². The molecule has 0 aliphatic carbocycles. The van der Waals surface area contributed by atoms with Crippen LogP contribution in [-0.2, 0) is 6.54 Å². The number of nitrogens with one attached hydrogen (secondary N) is 1.